The summed E-state index contributed by atoms with van der Waals surface area (Å²) in [5.41, 5.74) is 3.03. The summed E-state index contributed by atoms with van der Waals surface area (Å²) in [6.45, 7) is 1.92. The summed E-state index contributed by atoms with van der Waals surface area (Å²) < 4.78 is 16.4. The third-order valence-corrected chi connectivity index (χ3v) is 4.84. The molecular formula is C23H22N2O4. The van der Waals surface area contributed by atoms with Crippen LogP contribution >= 0.6 is 0 Å². The molecule has 0 N–H and O–H groups in total. The maximum atomic E-state index is 12.9. The molecule has 6 heteroatoms. The number of hydrogen-bond acceptors (Lipinski definition) is 5. The quantitative estimate of drug-likeness (QED) is 0.628. The second kappa shape index (κ2) is 8.22. The molecule has 0 saturated carbocycles. The van der Waals surface area contributed by atoms with E-state index in [1.54, 1.807) is 37.6 Å². The monoisotopic (exact) mass is 390 g/mol. The molecule has 0 radical (unpaired) electrons. The lowest BCUT2D eigenvalue weighted by molar-refractivity contribution is -0.135. The topological polar surface area (TPSA) is 64.3 Å². The van der Waals surface area contributed by atoms with Crippen LogP contribution in [0.25, 0.3) is 0 Å². The Bertz CT molecular complexity index is 992. The number of furan rings is 1. The smallest absolute Gasteiger partial charge is 0.281 e. The lowest BCUT2D eigenvalue weighted by atomic mass is 10.0. The van der Waals surface area contributed by atoms with Gasteiger partial charge in [0.2, 0.25) is 0 Å². The SMILES string of the molecule is COc1ccc(OCC(=O)N2N=C(c3ccc(C)cc3)C[C@H]2c2ccco2)cc1. The molecule has 1 aliphatic rings. The van der Waals surface area contributed by atoms with E-state index >= 15 is 0 Å². The molecule has 0 spiro atoms. The summed E-state index contributed by atoms with van der Waals surface area (Å²) in [7, 11) is 1.60. The van der Waals surface area contributed by atoms with E-state index in [1.807, 2.05) is 43.3 Å². The predicted octanol–water partition coefficient (Wildman–Crippen LogP) is 4.35. The molecular weight excluding hydrogens is 368 g/mol. The lowest BCUT2D eigenvalue weighted by Crippen LogP contribution is -2.31. The number of hydrazone groups is 1. The molecule has 0 fully saturated rings. The van der Waals surface area contributed by atoms with Crippen LogP contribution in [0.4, 0.5) is 0 Å². The second-order valence-electron chi connectivity index (χ2n) is 6.85. The lowest BCUT2D eigenvalue weighted by Gasteiger charge is -2.20. The van der Waals surface area contributed by atoms with E-state index in [2.05, 4.69) is 5.10 Å². The molecule has 0 aliphatic carbocycles. The number of carbonyl (C=O) groups excluding carboxylic acids is 1. The highest BCUT2D eigenvalue weighted by Gasteiger charge is 2.35. The maximum absolute atomic E-state index is 12.9. The van der Waals surface area contributed by atoms with Crippen molar-refractivity contribution in [3.8, 4) is 11.5 Å². The highest BCUT2D eigenvalue weighted by Crippen LogP contribution is 2.33. The summed E-state index contributed by atoms with van der Waals surface area (Å²) in [6, 6.07) is 18.6. The largest absolute Gasteiger partial charge is 0.497 e. The molecule has 6 nitrogen and oxygen atoms in total. The molecule has 0 bridgehead atoms. The van der Waals surface area contributed by atoms with Crippen molar-refractivity contribution in [3.05, 3.63) is 83.8 Å². The molecule has 1 aromatic heterocycles. The Balaban J connectivity index is 1.52. The van der Waals surface area contributed by atoms with Crippen LogP contribution < -0.4 is 9.47 Å². The van der Waals surface area contributed by atoms with Gasteiger partial charge in [-0.1, -0.05) is 29.8 Å². The highest BCUT2D eigenvalue weighted by molar-refractivity contribution is 6.03. The van der Waals surface area contributed by atoms with Gasteiger partial charge in [-0.15, -0.1) is 0 Å². The van der Waals surface area contributed by atoms with Crippen LogP contribution in [-0.2, 0) is 4.79 Å². The van der Waals surface area contributed by atoms with Crippen molar-refractivity contribution in [3.63, 3.8) is 0 Å². The standard InChI is InChI=1S/C23H22N2O4/c1-16-5-7-17(8-6-16)20-14-21(22-4-3-13-28-22)25(24-20)23(26)15-29-19-11-9-18(27-2)10-12-19/h3-13,21H,14-15H2,1-2H3/t21-/m0/s1. The Morgan fingerprint density at radius 3 is 2.48 bits per heavy atom. The molecule has 2 heterocycles. The number of rotatable bonds is 6. The Hall–Kier alpha value is -3.54. The number of nitrogens with zero attached hydrogens (tertiary/aromatic N) is 2. The third-order valence-electron chi connectivity index (χ3n) is 4.84. The number of amides is 1. The van der Waals surface area contributed by atoms with Crippen LogP contribution in [0, 0.1) is 6.92 Å². The summed E-state index contributed by atoms with van der Waals surface area (Å²) in [6.07, 6.45) is 2.20. The van der Waals surface area contributed by atoms with Gasteiger partial charge in [0.15, 0.2) is 6.61 Å². The number of benzene rings is 2. The van der Waals surface area contributed by atoms with Gasteiger partial charge in [-0.3, -0.25) is 4.79 Å². The minimum absolute atomic E-state index is 0.117. The van der Waals surface area contributed by atoms with E-state index in [0.29, 0.717) is 17.9 Å². The Kier molecular flexibility index (Phi) is 5.33. The van der Waals surface area contributed by atoms with Gasteiger partial charge in [-0.2, -0.15) is 5.10 Å². The number of hydrogen-bond donors (Lipinski definition) is 0. The highest BCUT2D eigenvalue weighted by atomic mass is 16.5. The molecule has 0 saturated heterocycles. The van der Waals surface area contributed by atoms with Crippen molar-refractivity contribution in [1.82, 2.24) is 5.01 Å². The summed E-state index contributed by atoms with van der Waals surface area (Å²) in [4.78, 5) is 12.9. The Morgan fingerprint density at radius 2 is 1.83 bits per heavy atom. The molecule has 2 aromatic carbocycles. The molecule has 0 unspecified atom stereocenters. The van der Waals surface area contributed by atoms with Crippen molar-refractivity contribution in [2.45, 2.75) is 19.4 Å². The first-order chi connectivity index (χ1) is 14.1. The minimum Gasteiger partial charge on any atom is -0.497 e. The third kappa shape index (κ3) is 4.16. The Labute approximate surface area is 169 Å². The van der Waals surface area contributed by atoms with Gasteiger partial charge in [0, 0.05) is 6.42 Å². The number of ether oxygens (including phenoxy) is 2. The van der Waals surface area contributed by atoms with E-state index in [0.717, 1.165) is 17.0 Å². The van der Waals surface area contributed by atoms with E-state index in [-0.39, 0.29) is 18.6 Å². The van der Waals surface area contributed by atoms with E-state index in [4.69, 9.17) is 13.9 Å². The zero-order valence-electron chi connectivity index (χ0n) is 16.4. The first-order valence-corrected chi connectivity index (χ1v) is 9.41. The normalized spacial score (nSPS) is 15.9. The van der Waals surface area contributed by atoms with Crippen LogP contribution in [0.2, 0.25) is 0 Å². The van der Waals surface area contributed by atoms with Gasteiger partial charge in [0.1, 0.15) is 23.3 Å². The fourth-order valence-corrected chi connectivity index (χ4v) is 3.25. The fourth-order valence-electron chi connectivity index (χ4n) is 3.25. The van der Waals surface area contributed by atoms with Gasteiger partial charge in [0.05, 0.1) is 19.1 Å². The molecule has 1 atom stereocenters. The average molecular weight is 390 g/mol. The molecule has 4 rings (SSSR count). The molecule has 29 heavy (non-hydrogen) atoms. The van der Waals surface area contributed by atoms with Crippen LogP contribution in [0.5, 0.6) is 11.5 Å². The van der Waals surface area contributed by atoms with Crippen molar-refractivity contribution < 1.29 is 18.7 Å². The summed E-state index contributed by atoms with van der Waals surface area (Å²) in [5.74, 6) is 1.79. The zero-order valence-corrected chi connectivity index (χ0v) is 16.4. The van der Waals surface area contributed by atoms with E-state index < -0.39 is 0 Å². The molecule has 1 amide bonds. The van der Waals surface area contributed by atoms with Crippen molar-refractivity contribution >= 4 is 11.6 Å². The van der Waals surface area contributed by atoms with E-state index in [1.165, 1.54) is 10.6 Å². The van der Waals surface area contributed by atoms with Crippen LogP contribution in [0.15, 0.2) is 76.4 Å². The second-order valence-corrected chi connectivity index (χ2v) is 6.85. The minimum atomic E-state index is -0.284. The van der Waals surface area contributed by atoms with E-state index in [9.17, 15) is 4.79 Å². The molecule has 3 aromatic rings. The van der Waals surface area contributed by atoms with Gasteiger partial charge >= 0.3 is 0 Å². The average Bonchev–Trinajstić information content (AvgIpc) is 3.43. The number of methoxy groups -OCH3 is 1. The maximum Gasteiger partial charge on any atom is 0.281 e. The number of aryl methyl sites for hydroxylation is 1. The summed E-state index contributed by atoms with van der Waals surface area (Å²) >= 11 is 0. The fraction of sp³-hybridized carbons (Fsp3) is 0.217. The van der Waals surface area contributed by atoms with Crippen LogP contribution in [0.1, 0.15) is 29.3 Å². The van der Waals surface area contributed by atoms with Crippen molar-refractivity contribution in [2.75, 3.05) is 13.7 Å². The summed E-state index contributed by atoms with van der Waals surface area (Å²) in [5, 5.41) is 6.08. The number of carbonyl (C=O) groups is 1. The van der Waals surface area contributed by atoms with Crippen LogP contribution in [-0.4, -0.2) is 30.3 Å². The van der Waals surface area contributed by atoms with Crippen molar-refractivity contribution in [2.24, 2.45) is 5.10 Å². The van der Waals surface area contributed by atoms with Gasteiger partial charge in [-0.25, -0.2) is 5.01 Å². The van der Waals surface area contributed by atoms with Gasteiger partial charge in [0.25, 0.3) is 5.91 Å². The zero-order chi connectivity index (χ0) is 20.2. The first kappa shape index (κ1) is 18.8. The van der Waals surface area contributed by atoms with Crippen molar-refractivity contribution in [1.29, 1.82) is 0 Å². The van der Waals surface area contributed by atoms with Gasteiger partial charge in [-0.05, 0) is 48.9 Å². The first-order valence-electron chi connectivity index (χ1n) is 9.41. The Morgan fingerprint density at radius 1 is 1.10 bits per heavy atom. The predicted molar refractivity (Wildman–Crippen MR) is 109 cm³/mol. The van der Waals surface area contributed by atoms with Crippen LogP contribution in [0.3, 0.4) is 0 Å². The molecule has 148 valence electrons. The molecule has 1 aliphatic heterocycles. The van der Waals surface area contributed by atoms with Gasteiger partial charge < -0.3 is 13.9 Å².